The first kappa shape index (κ1) is 19.9. The quantitative estimate of drug-likeness (QED) is 0.797. The molecule has 0 aromatic heterocycles. The molecule has 0 aliphatic carbocycles. The van der Waals surface area contributed by atoms with E-state index in [1.54, 1.807) is 24.3 Å². The predicted octanol–water partition coefficient (Wildman–Crippen LogP) is 3.32. The molecular weight excluding hydrogens is 359 g/mol. The van der Waals surface area contributed by atoms with E-state index in [1.807, 2.05) is 6.07 Å². The summed E-state index contributed by atoms with van der Waals surface area (Å²) in [5.41, 5.74) is 2.33. The Bertz CT molecular complexity index is 906. The fourth-order valence-electron chi connectivity index (χ4n) is 2.60. The number of aryl methyl sites for hydroxylation is 1. The zero-order valence-electron chi connectivity index (χ0n) is 14.8. The van der Waals surface area contributed by atoms with Crippen LogP contribution in [0.15, 0.2) is 42.5 Å². The van der Waals surface area contributed by atoms with Gasteiger partial charge < -0.3 is 9.84 Å². The molecule has 0 heterocycles. The van der Waals surface area contributed by atoms with Gasteiger partial charge in [-0.1, -0.05) is 24.3 Å². The van der Waals surface area contributed by atoms with E-state index in [9.17, 15) is 22.7 Å². The Morgan fingerprint density at radius 1 is 1.15 bits per heavy atom. The van der Waals surface area contributed by atoms with Crippen LogP contribution in [0.4, 0.5) is 4.39 Å². The van der Waals surface area contributed by atoms with E-state index in [2.05, 4.69) is 0 Å². The lowest BCUT2D eigenvalue weighted by Gasteiger charge is -2.23. The summed E-state index contributed by atoms with van der Waals surface area (Å²) in [7, 11) is -2.30. The number of hydrogen-bond acceptors (Lipinski definition) is 4. The topological polar surface area (TPSA) is 80.7 Å². The van der Waals surface area contributed by atoms with Gasteiger partial charge >= 0.3 is 5.97 Å². The summed E-state index contributed by atoms with van der Waals surface area (Å²) in [5.74, 6) is -1.18. The minimum Gasteiger partial charge on any atom is -0.496 e. The van der Waals surface area contributed by atoms with Crippen molar-refractivity contribution >= 4 is 15.8 Å². The smallest absolute Gasteiger partial charge is 0.324 e. The van der Waals surface area contributed by atoms with Gasteiger partial charge in [0.2, 0.25) is 0 Å². The van der Waals surface area contributed by atoms with Crippen LogP contribution in [0.1, 0.15) is 18.9 Å². The van der Waals surface area contributed by atoms with E-state index in [0.717, 1.165) is 17.4 Å². The van der Waals surface area contributed by atoms with Crippen molar-refractivity contribution in [3.8, 4) is 16.9 Å². The van der Waals surface area contributed by atoms with Gasteiger partial charge in [0, 0.05) is 6.26 Å². The third kappa shape index (κ3) is 4.04. The number of methoxy groups -OCH3 is 1. The fourth-order valence-corrected chi connectivity index (χ4v) is 3.39. The Balaban J connectivity index is 2.30. The lowest BCUT2D eigenvalue weighted by Crippen LogP contribution is -2.43. The number of rotatable bonds is 7. The van der Waals surface area contributed by atoms with E-state index in [1.165, 1.54) is 26.2 Å². The van der Waals surface area contributed by atoms with Crippen LogP contribution in [-0.4, -0.2) is 37.6 Å². The Kier molecular flexibility index (Phi) is 5.71. The Morgan fingerprint density at radius 3 is 2.23 bits per heavy atom. The van der Waals surface area contributed by atoms with Crippen molar-refractivity contribution in [2.45, 2.75) is 24.5 Å². The summed E-state index contributed by atoms with van der Waals surface area (Å²) in [5, 5.41) is 9.35. The highest BCUT2D eigenvalue weighted by atomic mass is 32.2. The molecule has 2 rings (SSSR count). The molecule has 1 N–H and O–H groups in total. The normalized spacial score (nSPS) is 13.8. The van der Waals surface area contributed by atoms with Crippen molar-refractivity contribution in [1.29, 1.82) is 0 Å². The highest BCUT2D eigenvalue weighted by Crippen LogP contribution is 2.31. The molecule has 0 radical (unpaired) electrons. The second-order valence-corrected chi connectivity index (χ2v) is 8.79. The highest BCUT2D eigenvalue weighted by Gasteiger charge is 2.43. The summed E-state index contributed by atoms with van der Waals surface area (Å²) >= 11 is 0. The largest absolute Gasteiger partial charge is 0.496 e. The van der Waals surface area contributed by atoms with E-state index >= 15 is 0 Å². The van der Waals surface area contributed by atoms with E-state index in [-0.39, 0.29) is 18.7 Å². The molecule has 0 aliphatic rings. The van der Waals surface area contributed by atoms with Gasteiger partial charge in [-0.15, -0.1) is 0 Å². The van der Waals surface area contributed by atoms with Crippen LogP contribution in [-0.2, 0) is 21.1 Å². The molecule has 1 atom stereocenters. The number of carboxylic acids is 1. The van der Waals surface area contributed by atoms with Crippen molar-refractivity contribution in [2.24, 2.45) is 0 Å². The van der Waals surface area contributed by atoms with Crippen LogP contribution in [0.5, 0.6) is 5.75 Å². The lowest BCUT2D eigenvalue weighted by molar-refractivity contribution is -0.139. The molecular formula is C19H21FO5S. The van der Waals surface area contributed by atoms with Crippen molar-refractivity contribution in [2.75, 3.05) is 13.4 Å². The zero-order valence-corrected chi connectivity index (χ0v) is 15.6. The first-order chi connectivity index (χ1) is 12.1. The fraction of sp³-hybridized carbons (Fsp3) is 0.316. The minimum absolute atomic E-state index is 0.0760. The molecule has 140 valence electrons. The van der Waals surface area contributed by atoms with Crippen molar-refractivity contribution in [3.63, 3.8) is 0 Å². The first-order valence-electron chi connectivity index (χ1n) is 7.94. The third-order valence-electron chi connectivity index (χ3n) is 4.61. The Morgan fingerprint density at radius 2 is 1.73 bits per heavy atom. The molecule has 0 spiro atoms. The minimum atomic E-state index is -3.78. The zero-order chi connectivity index (χ0) is 19.5. The SMILES string of the molecule is COc1cc(-c2ccc(F)cc2)ccc1CCC(C)(C(=O)O)S(C)(=O)=O. The van der Waals surface area contributed by atoms with Gasteiger partial charge in [0.25, 0.3) is 0 Å². The molecule has 0 saturated heterocycles. The second-order valence-electron chi connectivity index (χ2n) is 6.34. The highest BCUT2D eigenvalue weighted by molar-refractivity contribution is 7.92. The van der Waals surface area contributed by atoms with Crippen molar-refractivity contribution < 1.29 is 27.4 Å². The van der Waals surface area contributed by atoms with Gasteiger partial charge in [-0.3, -0.25) is 4.79 Å². The molecule has 2 aromatic rings. The average molecular weight is 380 g/mol. The third-order valence-corrected chi connectivity index (χ3v) is 6.62. The maximum Gasteiger partial charge on any atom is 0.324 e. The summed E-state index contributed by atoms with van der Waals surface area (Å²) in [4.78, 5) is 11.5. The van der Waals surface area contributed by atoms with Gasteiger partial charge in [-0.25, -0.2) is 12.8 Å². The molecule has 0 fully saturated rings. The maximum atomic E-state index is 13.1. The number of aliphatic carboxylic acids is 1. The monoisotopic (exact) mass is 380 g/mol. The Labute approximate surface area is 152 Å². The van der Waals surface area contributed by atoms with Gasteiger partial charge in [0.15, 0.2) is 14.6 Å². The standard InChI is InChI=1S/C19H21FO5S/c1-19(18(21)22,26(3,23)24)11-10-14-4-5-15(12-17(14)25-2)13-6-8-16(20)9-7-13/h4-9,12H,10-11H2,1-3H3,(H,21,22). The van der Waals surface area contributed by atoms with E-state index in [4.69, 9.17) is 4.74 Å². The second kappa shape index (κ2) is 7.45. The molecule has 0 saturated carbocycles. The number of benzene rings is 2. The molecule has 5 nitrogen and oxygen atoms in total. The number of carboxylic acid groups (broad SMARTS) is 1. The summed E-state index contributed by atoms with van der Waals surface area (Å²) < 4.78 is 40.4. The molecule has 1 unspecified atom stereocenters. The first-order valence-corrected chi connectivity index (χ1v) is 9.83. The number of hydrogen-bond donors (Lipinski definition) is 1. The lowest BCUT2D eigenvalue weighted by atomic mass is 9.97. The summed E-state index contributed by atoms with van der Waals surface area (Å²) in [6.07, 6.45) is 1.08. The number of halogens is 1. The van der Waals surface area contributed by atoms with Gasteiger partial charge in [0.05, 0.1) is 7.11 Å². The van der Waals surface area contributed by atoms with E-state index < -0.39 is 20.6 Å². The van der Waals surface area contributed by atoms with E-state index in [0.29, 0.717) is 11.3 Å². The average Bonchev–Trinajstić information content (AvgIpc) is 2.59. The number of carbonyl (C=O) groups is 1. The van der Waals surface area contributed by atoms with Crippen LogP contribution in [0.25, 0.3) is 11.1 Å². The van der Waals surface area contributed by atoms with Gasteiger partial charge in [-0.2, -0.15) is 0 Å². The van der Waals surface area contributed by atoms with Crippen LogP contribution in [0.3, 0.4) is 0 Å². The summed E-state index contributed by atoms with van der Waals surface area (Å²) in [6.45, 7) is 1.21. The number of ether oxygens (including phenoxy) is 1. The molecule has 0 aliphatic heterocycles. The van der Waals surface area contributed by atoms with Crippen LogP contribution < -0.4 is 4.74 Å². The predicted molar refractivity (Wildman–Crippen MR) is 97.6 cm³/mol. The summed E-state index contributed by atoms with van der Waals surface area (Å²) in [6, 6.07) is 11.4. The van der Waals surface area contributed by atoms with Crippen LogP contribution in [0.2, 0.25) is 0 Å². The van der Waals surface area contributed by atoms with Gasteiger partial charge in [0.1, 0.15) is 11.6 Å². The number of sulfone groups is 1. The maximum absolute atomic E-state index is 13.1. The van der Waals surface area contributed by atoms with Crippen molar-refractivity contribution in [3.05, 3.63) is 53.8 Å². The Hall–Kier alpha value is -2.41. The molecule has 0 bridgehead atoms. The van der Waals surface area contributed by atoms with Crippen molar-refractivity contribution in [1.82, 2.24) is 0 Å². The van der Waals surface area contributed by atoms with Crippen LogP contribution in [0, 0.1) is 5.82 Å². The van der Waals surface area contributed by atoms with Crippen LogP contribution >= 0.6 is 0 Å². The molecule has 26 heavy (non-hydrogen) atoms. The molecule has 7 heteroatoms. The van der Waals surface area contributed by atoms with Gasteiger partial charge in [-0.05, 0) is 54.7 Å². The molecule has 0 amide bonds. The molecule has 2 aromatic carbocycles.